The van der Waals surface area contributed by atoms with E-state index in [9.17, 15) is 5.11 Å². The van der Waals surface area contributed by atoms with Crippen molar-refractivity contribution in [2.24, 2.45) is 0 Å². The van der Waals surface area contributed by atoms with Gasteiger partial charge in [-0.15, -0.1) is 0 Å². The van der Waals surface area contributed by atoms with Gasteiger partial charge >= 0.3 is 0 Å². The van der Waals surface area contributed by atoms with Crippen LogP contribution >= 0.6 is 27.9 Å². The summed E-state index contributed by atoms with van der Waals surface area (Å²) in [4.78, 5) is 1.22. The molecule has 82 valence electrons. The SMILES string of the molecule is CC1(O)CCN(Sc2ccc(Br)cc2)C1. The van der Waals surface area contributed by atoms with Crippen LogP contribution in [0.4, 0.5) is 0 Å². The van der Waals surface area contributed by atoms with Crippen molar-refractivity contribution in [3.05, 3.63) is 28.7 Å². The van der Waals surface area contributed by atoms with Crippen LogP contribution in [0.25, 0.3) is 0 Å². The second kappa shape index (κ2) is 4.45. The van der Waals surface area contributed by atoms with Crippen LogP contribution in [0.15, 0.2) is 33.6 Å². The van der Waals surface area contributed by atoms with Gasteiger partial charge in [-0.05, 0) is 49.6 Å². The van der Waals surface area contributed by atoms with Gasteiger partial charge in [0.05, 0.1) is 5.60 Å². The zero-order valence-electron chi connectivity index (χ0n) is 8.61. The molecular formula is C11H14BrNOS. The molecule has 4 heteroatoms. The minimum absolute atomic E-state index is 0.512. The summed E-state index contributed by atoms with van der Waals surface area (Å²) in [5.74, 6) is 0. The Balaban J connectivity index is 1.96. The van der Waals surface area contributed by atoms with Crippen LogP contribution in [0.3, 0.4) is 0 Å². The molecule has 0 aromatic heterocycles. The molecule has 0 amide bonds. The van der Waals surface area contributed by atoms with E-state index in [0.29, 0.717) is 0 Å². The molecule has 1 N–H and O–H groups in total. The summed E-state index contributed by atoms with van der Waals surface area (Å²) in [6.07, 6.45) is 0.858. The molecule has 1 fully saturated rings. The van der Waals surface area contributed by atoms with Gasteiger partial charge in [0.1, 0.15) is 0 Å². The zero-order chi connectivity index (χ0) is 10.9. The van der Waals surface area contributed by atoms with Gasteiger partial charge in [-0.25, -0.2) is 4.31 Å². The van der Waals surface area contributed by atoms with Crippen molar-refractivity contribution in [3.63, 3.8) is 0 Å². The lowest BCUT2D eigenvalue weighted by Crippen LogP contribution is -2.26. The predicted octanol–water partition coefficient (Wildman–Crippen LogP) is 2.91. The molecule has 0 saturated carbocycles. The molecule has 0 spiro atoms. The van der Waals surface area contributed by atoms with Crippen LogP contribution in [0.2, 0.25) is 0 Å². The number of halogens is 1. The summed E-state index contributed by atoms with van der Waals surface area (Å²) in [7, 11) is 0. The van der Waals surface area contributed by atoms with E-state index in [4.69, 9.17) is 0 Å². The number of β-amino-alcohol motifs (C(OH)–C–C–N with tert-alkyl or cyclic N) is 1. The van der Waals surface area contributed by atoms with Crippen molar-refractivity contribution in [2.75, 3.05) is 13.1 Å². The second-order valence-corrected chi connectivity index (χ2v) is 6.24. The number of aliphatic hydroxyl groups is 1. The Labute approximate surface area is 103 Å². The minimum atomic E-state index is -0.512. The van der Waals surface area contributed by atoms with Crippen LogP contribution in [-0.4, -0.2) is 28.1 Å². The lowest BCUT2D eigenvalue weighted by atomic mass is 10.1. The van der Waals surface area contributed by atoms with Gasteiger partial charge in [-0.2, -0.15) is 0 Å². The molecule has 2 nitrogen and oxygen atoms in total. The maximum Gasteiger partial charge on any atom is 0.0768 e. The van der Waals surface area contributed by atoms with Crippen molar-refractivity contribution in [2.45, 2.75) is 23.8 Å². The summed E-state index contributed by atoms with van der Waals surface area (Å²) in [6.45, 7) is 3.59. The summed E-state index contributed by atoms with van der Waals surface area (Å²) in [5, 5.41) is 9.82. The van der Waals surface area contributed by atoms with E-state index >= 15 is 0 Å². The van der Waals surface area contributed by atoms with Crippen molar-refractivity contribution in [1.82, 2.24) is 4.31 Å². The molecule has 2 rings (SSSR count). The Morgan fingerprint density at radius 3 is 2.60 bits per heavy atom. The van der Waals surface area contributed by atoms with Crippen molar-refractivity contribution in [1.29, 1.82) is 0 Å². The van der Waals surface area contributed by atoms with E-state index in [1.54, 1.807) is 11.9 Å². The van der Waals surface area contributed by atoms with Gasteiger partial charge in [-0.1, -0.05) is 15.9 Å². The van der Waals surface area contributed by atoms with Gasteiger partial charge in [0.2, 0.25) is 0 Å². The van der Waals surface area contributed by atoms with E-state index in [2.05, 4.69) is 32.4 Å². The highest BCUT2D eigenvalue weighted by Gasteiger charge is 2.31. The Morgan fingerprint density at radius 1 is 1.40 bits per heavy atom. The number of hydrogen-bond acceptors (Lipinski definition) is 3. The monoisotopic (exact) mass is 287 g/mol. The molecular weight excluding hydrogens is 274 g/mol. The Bertz CT molecular complexity index is 339. The van der Waals surface area contributed by atoms with Crippen molar-refractivity contribution >= 4 is 27.9 Å². The molecule has 1 heterocycles. The predicted molar refractivity (Wildman–Crippen MR) is 66.8 cm³/mol. The molecule has 1 aromatic rings. The van der Waals surface area contributed by atoms with Crippen LogP contribution in [-0.2, 0) is 0 Å². The molecule has 0 bridgehead atoms. The number of hydrogen-bond donors (Lipinski definition) is 1. The van der Waals surface area contributed by atoms with Gasteiger partial charge < -0.3 is 5.11 Å². The number of rotatable bonds is 2. The number of nitrogens with zero attached hydrogens (tertiary/aromatic N) is 1. The summed E-state index contributed by atoms with van der Waals surface area (Å²) in [5.41, 5.74) is -0.512. The Morgan fingerprint density at radius 2 is 2.07 bits per heavy atom. The van der Waals surface area contributed by atoms with Crippen molar-refractivity contribution in [3.8, 4) is 0 Å². The third kappa shape index (κ3) is 3.21. The molecule has 0 aliphatic carbocycles. The Hall–Kier alpha value is -0.0300. The first-order valence-corrected chi connectivity index (χ1v) is 6.53. The lowest BCUT2D eigenvalue weighted by molar-refractivity contribution is 0.0771. The third-order valence-electron chi connectivity index (χ3n) is 2.46. The number of benzene rings is 1. The molecule has 1 unspecified atom stereocenters. The fraction of sp³-hybridized carbons (Fsp3) is 0.455. The highest BCUT2D eigenvalue weighted by molar-refractivity contribution is 9.10. The molecule has 15 heavy (non-hydrogen) atoms. The second-order valence-electron chi connectivity index (χ2n) is 4.16. The fourth-order valence-electron chi connectivity index (χ4n) is 1.63. The van der Waals surface area contributed by atoms with Gasteiger partial charge in [0, 0.05) is 22.5 Å². The standard InChI is InChI=1S/C11H14BrNOS/c1-11(14)6-7-13(8-11)15-10-4-2-9(12)3-5-10/h2-5,14H,6-8H2,1H3. The molecule has 1 aliphatic rings. The van der Waals surface area contributed by atoms with Crippen LogP contribution < -0.4 is 0 Å². The average Bonchev–Trinajstić information content (AvgIpc) is 2.50. The highest BCUT2D eigenvalue weighted by atomic mass is 79.9. The minimum Gasteiger partial charge on any atom is -0.389 e. The smallest absolute Gasteiger partial charge is 0.0768 e. The summed E-state index contributed by atoms with van der Waals surface area (Å²) in [6, 6.07) is 8.25. The van der Waals surface area contributed by atoms with Gasteiger partial charge in [0.15, 0.2) is 0 Å². The fourth-order valence-corrected chi connectivity index (χ4v) is 2.97. The van der Waals surface area contributed by atoms with E-state index in [0.717, 1.165) is 24.0 Å². The molecule has 1 aliphatic heterocycles. The van der Waals surface area contributed by atoms with Gasteiger partial charge in [-0.3, -0.25) is 0 Å². The van der Waals surface area contributed by atoms with Gasteiger partial charge in [0.25, 0.3) is 0 Å². The summed E-state index contributed by atoms with van der Waals surface area (Å²) >= 11 is 5.13. The van der Waals surface area contributed by atoms with Crippen LogP contribution in [0.5, 0.6) is 0 Å². The third-order valence-corrected chi connectivity index (χ3v) is 4.05. The quantitative estimate of drug-likeness (QED) is 0.846. The van der Waals surface area contributed by atoms with E-state index in [1.165, 1.54) is 4.90 Å². The topological polar surface area (TPSA) is 23.5 Å². The molecule has 1 saturated heterocycles. The zero-order valence-corrected chi connectivity index (χ0v) is 11.0. The first-order valence-electron chi connectivity index (χ1n) is 4.96. The molecule has 1 atom stereocenters. The van der Waals surface area contributed by atoms with E-state index in [-0.39, 0.29) is 0 Å². The molecule has 1 aromatic carbocycles. The Kier molecular flexibility index (Phi) is 3.40. The highest BCUT2D eigenvalue weighted by Crippen LogP contribution is 2.31. The lowest BCUT2D eigenvalue weighted by Gasteiger charge is -2.17. The van der Waals surface area contributed by atoms with E-state index < -0.39 is 5.60 Å². The first kappa shape index (κ1) is 11.5. The van der Waals surface area contributed by atoms with Crippen LogP contribution in [0, 0.1) is 0 Å². The van der Waals surface area contributed by atoms with Crippen molar-refractivity contribution < 1.29 is 5.11 Å². The maximum atomic E-state index is 9.82. The van der Waals surface area contributed by atoms with E-state index in [1.807, 2.05) is 19.1 Å². The molecule has 0 radical (unpaired) electrons. The normalized spacial score (nSPS) is 27.1. The summed E-state index contributed by atoms with van der Waals surface area (Å²) < 4.78 is 3.31. The average molecular weight is 288 g/mol. The largest absolute Gasteiger partial charge is 0.389 e. The van der Waals surface area contributed by atoms with Crippen LogP contribution in [0.1, 0.15) is 13.3 Å². The first-order chi connectivity index (χ1) is 7.05. The maximum absolute atomic E-state index is 9.82.